The second-order valence-corrected chi connectivity index (χ2v) is 7.76. The molecule has 0 spiro atoms. The van der Waals surface area contributed by atoms with Gasteiger partial charge in [-0.05, 0) is 32.9 Å². The zero-order valence-corrected chi connectivity index (χ0v) is 14.7. The minimum Gasteiger partial charge on any atom is -0.460 e. The summed E-state index contributed by atoms with van der Waals surface area (Å²) in [6.07, 6.45) is -1.53. The number of rotatable bonds is 7. The highest BCUT2D eigenvalue weighted by atomic mass is 32.2. The largest absolute Gasteiger partial charge is 0.460 e. The SMILES string of the molecule is CC(C)(C)OC(=O)C[C@@H](NC(=O)CN)NS(=O)(=O)c1ccccc1. The Hall–Kier alpha value is -1.97. The van der Waals surface area contributed by atoms with Crippen LogP contribution in [0.4, 0.5) is 0 Å². The normalized spacial score (nSPS) is 13.2. The van der Waals surface area contributed by atoms with Crippen molar-refractivity contribution in [1.82, 2.24) is 10.0 Å². The molecule has 8 nitrogen and oxygen atoms in total. The Bertz CT molecular complexity index is 668. The van der Waals surface area contributed by atoms with Gasteiger partial charge >= 0.3 is 5.97 Å². The number of benzene rings is 1. The quantitative estimate of drug-likeness (QED) is 0.469. The maximum absolute atomic E-state index is 12.3. The van der Waals surface area contributed by atoms with E-state index in [1.165, 1.54) is 12.1 Å². The molecule has 0 bridgehead atoms. The zero-order valence-electron chi connectivity index (χ0n) is 13.9. The van der Waals surface area contributed by atoms with Gasteiger partial charge in [0.1, 0.15) is 11.8 Å². The molecule has 0 radical (unpaired) electrons. The van der Waals surface area contributed by atoms with Crippen LogP contribution in [0.1, 0.15) is 27.2 Å². The van der Waals surface area contributed by atoms with Gasteiger partial charge < -0.3 is 15.8 Å². The van der Waals surface area contributed by atoms with Crippen molar-refractivity contribution in [3.63, 3.8) is 0 Å². The number of sulfonamides is 1. The van der Waals surface area contributed by atoms with Crippen molar-refractivity contribution in [2.45, 2.75) is 43.9 Å². The number of esters is 1. The van der Waals surface area contributed by atoms with Crippen molar-refractivity contribution >= 4 is 21.9 Å². The van der Waals surface area contributed by atoms with Crippen LogP contribution in [-0.2, 0) is 24.3 Å². The summed E-state index contributed by atoms with van der Waals surface area (Å²) in [5.41, 5.74) is 4.50. The first-order chi connectivity index (χ1) is 11.0. The summed E-state index contributed by atoms with van der Waals surface area (Å²) < 4.78 is 32.1. The molecule has 0 heterocycles. The van der Waals surface area contributed by atoms with E-state index in [9.17, 15) is 18.0 Å². The van der Waals surface area contributed by atoms with Gasteiger partial charge in [-0.15, -0.1) is 0 Å². The molecule has 1 amide bonds. The van der Waals surface area contributed by atoms with Gasteiger partial charge in [0.05, 0.1) is 17.9 Å². The van der Waals surface area contributed by atoms with Crippen LogP contribution in [0.3, 0.4) is 0 Å². The van der Waals surface area contributed by atoms with Crippen LogP contribution in [0.5, 0.6) is 0 Å². The third-order valence-corrected chi connectivity index (χ3v) is 4.15. The smallest absolute Gasteiger partial charge is 0.309 e. The summed E-state index contributed by atoms with van der Waals surface area (Å²) in [5.74, 6) is -1.25. The van der Waals surface area contributed by atoms with Gasteiger partial charge in [-0.25, -0.2) is 8.42 Å². The molecule has 0 saturated heterocycles. The summed E-state index contributed by atoms with van der Waals surface area (Å²) in [4.78, 5) is 23.4. The summed E-state index contributed by atoms with van der Waals surface area (Å²) in [6, 6.07) is 7.61. The maximum atomic E-state index is 12.3. The van der Waals surface area contributed by atoms with Crippen molar-refractivity contribution in [2.24, 2.45) is 5.73 Å². The minimum absolute atomic E-state index is 0.0150. The Balaban J connectivity index is 2.90. The molecule has 0 aliphatic carbocycles. The van der Waals surface area contributed by atoms with E-state index in [1.54, 1.807) is 39.0 Å². The van der Waals surface area contributed by atoms with Crippen molar-refractivity contribution in [3.05, 3.63) is 30.3 Å². The molecular formula is C15H23N3O5S. The second kappa shape index (κ2) is 8.22. The van der Waals surface area contributed by atoms with E-state index in [0.29, 0.717) is 0 Å². The van der Waals surface area contributed by atoms with Crippen molar-refractivity contribution in [3.8, 4) is 0 Å². The highest BCUT2D eigenvalue weighted by molar-refractivity contribution is 7.89. The molecule has 134 valence electrons. The van der Waals surface area contributed by atoms with Crippen LogP contribution in [0.15, 0.2) is 35.2 Å². The molecular weight excluding hydrogens is 334 g/mol. The third kappa shape index (κ3) is 7.07. The Kier molecular flexibility index (Phi) is 6.88. The first-order valence-electron chi connectivity index (χ1n) is 7.32. The number of nitrogens with one attached hydrogen (secondary N) is 2. The predicted octanol–water partition coefficient (Wildman–Crippen LogP) is 0.0977. The molecule has 0 aliphatic rings. The lowest BCUT2D eigenvalue weighted by Gasteiger charge is -2.23. The average molecular weight is 357 g/mol. The summed E-state index contributed by atoms with van der Waals surface area (Å²) in [7, 11) is -3.92. The molecule has 1 rings (SSSR count). The van der Waals surface area contributed by atoms with Crippen molar-refractivity contribution in [2.75, 3.05) is 6.54 Å². The molecule has 24 heavy (non-hydrogen) atoms. The van der Waals surface area contributed by atoms with Gasteiger partial charge in [0.2, 0.25) is 15.9 Å². The van der Waals surface area contributed by atoms with Gasteiger partial charge in [-0.1, -0.05) is 18.2 Å². The molecule has 1 aromatic rings. The van der Waals surface area contributed by atoms with Crippen LogP contribution in [0, 0.1) is 0 Å². The highest BCUT2D eigenvalue weighted by Gasteiger charge is 2.26. The van der Waals surface area contributed by atoms with Crippen LogP contribution in [-0.4, -0.2) is 38.6 Å². The summed E-state index contributed by atoms with van der Waals surface area (Å²) in [6.45, 7) is 4.73. The Morgan fingerprint density at radius 2 is 1.79 bits per heavy atom. The van der Waals surface area contributed by atoms with Gasteiger partial charge in [0, 0.05) is 0 Å². The molecule has 0 aromatic heterocycles. The van der Waals surface area contributed by atoms with Crippen molar-refractivity contribution < 1.29 is 22.7 Å². The molecule has 9 heteroatoms. The number of ether oxygens (including phenoxy) is 1. The lowest BCUT2D eigenvalue weighted by atomic mass is 10.2. The van der Waals surface area contributed by atoms with E-state index in [4.69, 9.17) is 10.5 Å². The van der Waals surface area contributed by atoms with Crippen LogP contribution in [0.2, 0.25) is 0 Å². The highest BCUT2D eigenvalue weighted by Crippen LogP contribution is 2.11. The molecule has 1 aromatic carbocycles. The van der Waals surface area contributed by atoms with Gasteiger partial charge in [-0.3, -0.25) is 9.59 Å². The van der Waals surface area contributed by atoms with Gasteiger partial charge in [-0.2, -0.15) is 4.72 Å². The third-order valence-electron chi connectivity index (χ3n) is 2.66. The molecule has 0 aliphatic heterocycles. The summed E-state index contributed by atoms with van der Waals surface area (Å²) in [5, 5.41) is 2.35. The lowest BCUT2D eigenvalue weighted by Crippen LogP contribution is -2.51. The fourth-order valence-electron chi connectivity index (χ4n) is 1.78. The fourth-order valence-corrected chi connectivity index (χ4v) is 2.95. The monoisotopic (exact) mass is 357 g/mol. The topological polar surface area (TPSA) is 128 Å². The molecule has 0 fully saturated rings. The van der Waals surface area contributed by atoms with Crippen LogP contribution in [0.25, 0.3) is 0 Å². The van der Waals surface area contributed by atoms with E-state index >= 15 is 0 Å². The number of amides is 1. The van der Waals surface area contributed by atoms with E-state index in [2.05, 4.69) is 10.0 Å². The Labute approximate surface area is 141 Å². The number of carbonyl (C=O) groups excluding carboxylic acids is 2. The minimum atomic E-state index is -3.92. The number of hydrogen-bond acceptors (Lipinski definition) is 6. The zero-order chi connectivity index (χ0) is 18.4. The van der Waals surface area contributed by atoms with Crippen LogP contribution >= 0.6 is 0 Å². The van der Waals surface area contributed by atoms with Gasteiger partial charge in [0.25, 0.3) is 0 Å². The Morgan fingerprint density at radius 1 is 1.21 bits per heavy atom. The van der Waals surface area contributed by atoms with E-state index in [0.717, 1.165) is 0 Å². The number of hydrogen-bond donors (Lipinski definition) is 3. The standard InChI is InChI=1S/C15H23N3O5S/c1-15(2,3)23-14(20)9-12(17-13(19)10-16)18-24(21,22)11-7-5-4-6-8-11/h4-8,12,18H,9-10,16H2,1-3H3,(H,17,19)/t12-/m0/s1. The summed E-state index contributed by atoms with van der Waals surface area (Å²) >= 11 is 0. The molecule has 0 unspecified atom stereocenters. The van der Waals surface area contributed by atoms with Gasteiger partial charge in [0.15, 0.2) is 0 Å². The fraction of sp³-hybridized carbons (Fsp3) is 0.467. The second-order valence-electron chi connectivity index (χ2n) is 6.05. The number of nitrogens with two attached hydrogens (primary N) is 1. The van der Waals surface area contributed by atoms with Crippen molar-refractivity contribution in [1.29, 1.82) is 0 Å². The van der Waals surface area contributed by atoms with Crippen LogP contribution < -0.4 is 15.8 Å². The number of carbonyl (C=O) groups is 2. The first kappa shape index (κ1) is 20.1. The van der Waals surface area contributed by atoms with E-state index in [1.807, 2.05) is 0 Å². The first-order valence-corrected chi connectivity index (χ1v) is 8.80. The van der Waals surface area contributed by atoms with E-state index in [-0.39, 0.29) is 17.9 Å². The Morgan fingerprint density at radius 3 is 2.29 bits per heavy atom. The predicted molar refractivity (Wildman–Crippen MR) is 88.2 cm³/mol. The molecule has 0 saturated carbocycles. The maximum Gasteiger partial charge on any atom is 0.309 e. The lowest BCUT2D eigenvalue weighted by molar-refractivity contribution is -0.155. The van der Waals surface area contributed by atoms with E-state index < -0.39 is 33.7 Å². The molecule has 1 atom stereocenters. The molecule has 4 N–H and O–H groups in total. The average Bonchev–Trinajstić information content (AvgIpc) is 2.45.